The second-order valence-corrected chi connectivity index (χ2v) is 4.07. The first-order valence-corrected chi connectivity index (χ1v) is 5.82. The third-order valence-electron chi connectivity index (χ3n) is 2.56. The Morgan fingerprint density at radius 1 is 1.44 bits per heavy atom. The first kappa shape index (κ1) is 12.7. The minimum atomic E-state index is 0.164. The third kappa shape index (κ3) is 3.05. The predicted molar refractivity (Wildman–Crippen MR) is 65.7 cm³/mol. The Balaban J connectivity index is 2.80. The lowest BCUT2D eigenvalue weighted by atomic mass is 10.1. The quantitative estimate of drug-likeness (QED) is 0.545. The number of carbonyl (C=O) groups excluding carboxylic acids is 1. The molecule has 0 fully saturated rings. The van der Waals surface area contributed by atoms with Crippen molar-refractivity contribution in [2.24, 2.45) is 0 Å². The van der Waals surface area contributed by atoms with Crippen molar-refractivity contribution in [1.82, 2.24) is 9.78 Å². The lowest BCUT2D eigenvalue weighted by Crippen LogP contribution is -2.09. The van der Waals surface area contributed by atoms with Crippen LogP contribution in [0.2, 0.25) is 0 Å². The van der Waals surface area contributed by atoms with Gasteiger partial charge < -0.3 is 0 Å². The van der Waals surface area contributed by atoms with E-state index in [1.54, 1.807) is 4.68 Å². The molecular weight excluding hydrogens is 200 g/mol. The molecule has 0 aromatic carbocycles. The summed E-state index contributed by atoms with van der Waals surface area (Å²) in [5.41, 5.74) is 2.77. The van der Waals surface area contributed by atoms with E-state index in [2.05, 4.69) is 11.7 Å². The van der Waals surface area contributed by atoms with Crippen LogP contribution < -0.4 is 0 Å². The van der Waals surface area contributed by atoms with Gasteiger partial charge in [-0.1, -0.05) is 12.5 Å². The van der Waals surface area contributed by atoms with Crippen molar-refractivity contribution >= 4 is 5.78 Å². The van der Waals surface area contributed by atoms with Crippen LogP contribution in [0.1, 0.15) is 49.8 Å². The molecule has 1 rings (SSSR count). The standard InChI is InChI=1S/C13H20N2O/c1-5-11-9-12(15(6-2)14-11)13(16)8-7-10(3)4/h9H,3,5-8H2,1-2,4H3. The molecule has 0 saturated heterocycles. The summed E-state index contributed by atoms with van der Waals surface area (Å²) < 4.78 is 1.79. The van der Waals surface area contributed by atoms with Crippen LogP contribution in [0.3, 0.4) is 0 Å². The van der Waals surface area contributed by atoms with E-state index in [1.165, 1.54) is 0 Å². The van der Waals surface area contributed by atoms with Crippen molar-refractivity contribution < 1.29 is 4.79 Å². The summed E-state index contributed by atoms with van der Waals surface area (Å²) in [6.45, 7) is 10.5. The summed E-state index contributed by atoms with van der Waals surface area (Å²) in [5, 5.41) is 4.37. The predicted octanol–water partition coefficient (Wildman–Crippen LogP) is 3.00. The van der Waals surface area contributed by atoms with Crippen LogP contribution in [0.25, 0.3) is 0 Å². The van der Waals surface area contributed by atoms with E-state index in [-0.39, 0.29) is 5.78 Å². The number of hydrogen-bond donors (Lipinski definition) is 0. The molecule has 1 aromatic rings. The molecule has 16 heavy (non-hydrogen) atoms. The number of aryl methyl sites for hydroxylation is 2. The minimum absolute atomic E-state index is 0.164. The maximum Gasteiger partial charge on any atom is 0.181 e. The fraction of sp³-hybridized carbons (Fsp3) is 0.538. The van der Waals surface area contributed by atoms with E-state index < -0.39 is 0 Å². The highest BCUT2D eigenvalue weighted by Crippen LogP contribution is 2.11. The number of allylic oxidation sites excluding steroid dienone is 1. The molecule has 0 aliphatic carbocycles. The molecule has 0 atom stereocenters. The summed E-state index contributed by atoms with van der Waals surface area (Å²) in [5.74, 6) is 0.164. The van der Waals surface area contributed by atoms with Crippen LogP contribution in [0.15, 0.2) is 18.2 Å². The Labute approximate surface area is 97.2 Å². The van der Waals surface area contributed by atoms with Gasteiger partial charge in [0.1, 0.15) is 5.69 Å². The highest BCUT2D eigenvalue weighted by Gasteiger charge is 2.13. The van der Waals surface area contributed by atoms with Crippen LogP contribution in [-0.4, -0.2) is 15.6 Å². The number of ketones is 1. The molecule has 1 heterocycles. The number of hydrogen-bond acceptors (Lipinski definition) is 2. The van der Waals surface area contributed by atoms with Gasteiger partial charge in [-0.25, -0.2) is 0 Å². The molecule has 0 amide bonds. The van der Waals surface area contributed by atoms with Crippen molar-refractivity contribution in [2.45, 2.75) is 46.6 Å². The molecule has 0 unspecified atom stereocenters. The SMILES string of the molecule is C=C(C)CCC(=O)c1cc(CC)nn1CC. The van der Waals surface area contributed by atoms with E-state index in [9.17, 15) is 4.79 Å². The van der Waals surface area contributed by atoms with Crippen molar-refractivity contribution in [3.8, 4) is 0 Å². The molecule has 88 valence electrons. The van der Waals surface area contributed by atoms with Crippen LogP contribution in [0, 0.1) is 0 Å². The number of Topliss-reactive ketones (excluding diaryl/α,β-unsaturated/α-hetero) is 1. The van der Waals surface area contributed by atoms with Crippen molar-refractivity contribution in [3.63, 3.8) is 0 Å². The van der Waals surface area contributed by atoms with Gasteiger partial charge in [0, 0.05) is 13.0 Å². The first-order valence-electron chi connectivity index (χ1n) is 5.82. The minimum Gasteiger partial charge on any atom is -0.292 e. The van der Waals surface area contributed by atoms with E-state index in [4.69, 9.17) is 0 Å². The zero-order valence-electron chi connectivity index (χ0n) is 10.4. The molecule has 0 radical (unpaired) electrons. The van der Waals surface area contributed by atoms with Gasteiger partial charge in [-0.05, 0) is 32.8 Å². The largest absolute Gasteiger partial charge is 0.292 e. The second-order valence-electron chi connectivity index (χ2n) is 4.07. The van der Waals surface area contributed by atoms with Crippen LogP contribution in [-0.2, 0) is 13.0 Å². The highest BCUT2D eigenvalue weighted by atomic mass is 16.1. The van der Waals surface area contributed by atoms with Crippen LogP contribution in [0.5, 0.6) is 0 Å². The van der Waals surface area contributed by atoms with E-state index >= 15 is 0 Å². The van der Waals surface area contributed by atoms with Crippen LogP contribution in [0.4, 0.5) is 0 Å². The van der Waals surface area contributed by atoms with E-state index in [0.29, 0.717) is 6.42 Å². The highest BCUT2D eigenvalue weighted by molar-refractivity contribution is 5.94. The van der Waals surface area contributed by atoms with E-state index in [1.807, 2.05) is 26.8 Å². The average Bonchev–Trinajstić information content (AvgIpc) is 2.68. The number of carbonyl (C=O) groups is 1. The molecular formula is C13H20N2O. The lowest BCUT2D eigenvalue weighted by Gasteiger charge is -2.03. The fourth-order valence-electron chi connectivity index (χ4n) is 1.56. The zero-order chi connectivity index (χ0) is 12.1. The molecule has 3 nitrogen and oxygen atoms in total. The molecule has 3 heteroatoms. The Hall–Kier alpha value is -1.38. The lowest BCUT2D eigenvalue weighted by molar-refractivity contribution is 0.0972. The summed E-state index contributed by atoms with van der Waals surface area (Å²) in [6, 6.07) is 1.91. The molecule has 0 aliphatic rings. The fourth-order valence-corrected chi connectivity index (χ4v) is 1.56. The summed E-state index contributed by atoms with van der Waals surface area (Å²) in [6.07, 6.45) is 2.16. The van der Waals surface area contributed by atoms with Gasteiger partial charge in [-0.2, -0.15) is 5.10 Å². The third-order valence-corrected chi connectivity index (χ3v) is 2.56. The van der Waals surface area contributed by atoms with Crippen molar-refractivity contribution in [3.05, 3.63) is 29.6 Å². The average molecular weight is 220 g/mol. The number of aromatic nitrogens is 2. The Bertz CT molecular complexity index is 391. The maximum atomic E-state index is 12.0. The normalized spacial score (nSPS) is 10.4. The first-order chi connectivity index (χ1) is 7.58. The zero-order valence-corrected chi connectivity index (χ0v) is 10.4. The van der Waals surface area contributed by atoms with Crippen molar-refractivity contribution in [1.29, 1.82) is 0 Å². The van der Waals surface area contributed by atoms with Gasteiger partial charge in [0.05, 0.1) is 5.69 Å². The molecule has 1 aromatic heterocycles. The molecule has 0 aliphatic heterocycles. The van der Waals surface area contributed by atoms with E-state index in [0.717, 1.165) is 36.3 Å². The summed E-state index contributed by atoms with van der Waals surface area (Å²) in [7, 11) is 0. The van der Waals surface area contributed by atoms with Gasteiger partial charge in [-0.15, -0.1) is 6.58 Å². The van der Waals surface area contributed by atoms with Crippen LogP contribution >= 0.6 is 0 Å². The van der Waals surface area contributed by atoms with Gasteiger partial charge in [0.25, 0.3) is 0 Å². The van der Waals surface area contributed by atoms with Crippen molar-refractivity contribution in [2.75, 3.05) is 0 Å². The van der Waals surface area contributed by atoms with Gasteiger partial charge in [0.15, 0.2) is 5.78 Å². The van der Waals surface area contributed by atoms with Gasteiger partial charge >= 0.3 is 0 Å². The molecule has 0 N–H and O–H groups in total. The monoisotopic (exact) mass is 220 g/mol. The summed E-state index contributed by atoms with van der Waals surface area (Å²) >= 11 is 0. The smallest absolute Gasteiger partial charge is 0.181 e. The Morgan fingerprint density at radius 2 is 2.12 bits per heavy atom. The van der Waals surface area contributed by atoms with Gasteiger partial charge in [-0.3, -0.25) is 9.48 Å². The summed E-state index contributed by atoms with van der Waals surface area (Å²) in [4.78, 5) is 12.0. The number of nitrogens with zero attached hydrogens (tertiary/aromatic N) is 2. The maximum absolute atomic E-state index is 12.0. The number of rotatable bonds is 6. The molecule has 0 bridgehead atoms. The topological polar surface area (TPSA) is 34.9 Å². The second kappa shape index (κ2) is 5.64. The molecule has 0 saturated carbocycles. The Kier molecular flexibility index (Phi) is 4.47. The van der Waals surface area contributed by atoms with Gasteiger partial charge in [0.2, 0.25) is 0 Å². The molecule has 0 spiro atoms. The Morgan fingerprint density at radius 3 is 2.62 bits per heavy atom.